The molecule has 0 spiro atoms. The van der Waals surface area contributed by atoms with E-state index in [0.717, 1.165) is 0 Å². The van der Waals surface area contributed by atoms with Gasteiger partial charge < -0.3 is 0 Å². The maximum absolute atomic E-state index is 9.39. The summed E-state index contributed by atoms with van der Waals surface area (Å²) in [6, 6.07) is 40.6. The van der Waals surface area contributed by atoms with Gasteiger partial charge in [-0.3, -0.25) is 0 Å². The molecule has 2 aliphatic carbocycles. The van der Waals surface area contributed by atoms with Gasteiger partial charge in [-0.2, -0.15) is 0 Å². The fourth-order valence-corrected chi connectivity index (χ4v) is 41.1. The van der Waals surface area contributed by atoms with Crippen molar-refractivity contribution < 1.29 is 16.4 Å². The van der Waals surface area contributed by atoms with Crippen LogP contribution in [0.15, 0.2) is 114 Å². The Morgan fingerprint density at radius 1 is 0.455 bits per heavy atom. The number of allylic oxidation sites excluding steroid dienone is 2. The number of hydrogen-bond acceptors (Lipinski definition) is 0. The Morgan fingerprint density at radius 3 is 1.27 bits per heavy atom. The first kappa shape index (κ1) is 47.5. The average molecular weight is 1010 g/mol. The summed E-state index contributed by atoms with van der Waals surface area (Å²) in [5.74, 6) is 2.35. The summed E-state index contributed by atoms with van der Waals surface area (Å²) >= 11 is -5.67. The molecule has 341 valence electrons. The van der Waals surface area contributed by atoms with Crippen LogP contribution in [0.1, 0.15) is 195 Å². The molecule has 9 rings (SSSR count). The second-order valence-electron chi connectivity index (χ2n) is 22.2. The molecule has 3 aliphatic rings. The predicted octanol–water partition coefficient (Wildman–Crippen LogP) is 16.8. The van der Waals surface area contributed by atoms with Gasteiger partial charge in [0, 0.05) is 0 Å². The number of halogens is 2. The number of hydrogen-bond donors (Lipinski definition) is 0. The summed E-state index contributed by atoms with van der Waals surface area (Å²) in [6.07, 6.45) is 5.03. The van der Waals surface area contributed by atoms with Crippen LogP contribution in [0.3, 0.4) is 0 Å². The van der Waals surface area contributed by atoms with Crippen molar-refractivity contribution in [1.29, 1.82) is 0 Å². The predicted molar refractivity (Wildman–Crippen MR) is 292 cm³/mol. The van der Waals surface area contributed by atoms with Gasteiger partial charge in [-0.1, -0.05) is 0 Å². The zero-order valence-corrected chi connectivity index (χ0v) is 47.4. The minimum absolute atomic E-state index is 0.129. The van der Waals surface area contributed by atoms with Crippen LogP contribution in [0.25, 0.3) is 45.5 Å². The Hall–Kier alpha value is -3.52. The van der Waals surface area contributed by atoms with E-state index in [0.29, 0.717) is 35.5 Å². The molecule has 0 bridgehead atoms. The molecule has 2 atom stereocenters. The van der Waals surface area contributed by atoms with Crippen molar-refractivity contribution in [2.45, 2.75) is 140 Å². The van der Waals surface area contributed by atoms with Gasteiger partial charge in [-0.05, 0) is 0 Å². The van der Waals surface area contributed by atoms with Gasteiger partial charge in [0.1, 0.15) is 0 Å². The molecule has 1 aliphatic heterocycles. The van der Waals surface area contributed by atoms with E-state index in [-0.39, 0.29) is 7.25 Å². The Labute approximate surface area is 408 Å². The van der Waals surface area contributed by atoms with Crippen LogP contribution in [0, 0.1) is 0 Å². The van der Waals surface area contributed by atoms with Gasteiger partial charge >= 0.3 is 412 Å². The molecule has 0 fully saturated rings. The molecule has 0 aromatic heterocycles. The number of fused-ring (bicyclic) bond motifs is 5. The van der Waals surface area contributed by atoms with E-state index in [4.69, 9.17) is 0 Å². The molecule has 0 N–H and O–H groups in total. The van der Waals surface area contributed by atoms with Gasteiger partial charge in [-0.15, -0.1) is 0 Å². The summed E-state index contributed by atoms with van der Waals surface area (Å²) < 4.78 is 1.03. The summed E-state index contributed by atoms with van der Waals surface area (Å²) in [5, 5.41) is 2.96. The van der Waals surface area contributed by atoms with Crippen molar-refractivity contribution in [1.82, 2.24) is 0 Å². The molecule has 6 aromatic carbocycles. The van der Waals surface area contributed by atoms with E-state index >= 15 is 0 Å². The van der Waals surface area contributed by atoms with Gasteiger partial charge in [0.25, 0.3) is 0 Å². The van der Waals surface area contributed by atoms with Crippen LogP contribution in [0.4, 0.5) is 0 Å². The van der Waals surface area contributed by atoms with Crippen molar-refractivity contribution in [3.8, 4) is 33.4 Å². The quantitative estimate of drug-likeness (QED) is 0.113. The Bertz CT molecular complexity index is 2790. The van der Waals surface area contributed by atoms with Crippen molar-refractivity contribution in [2.75, 3.05) is 0 Å². The second kappa shape index (κ2) is 17.5. The molecule has 0 radical (unpaired) electrons. The van der Waals surface area contributed by atoms with Crippen molar-refractivity contribution >= 4 is 52.3 Å². The second-order valence-corrected chi connectivity index (χ2v) is 44.7. The SMILES string of the molecule is CC1=Cc2c(ccc(C(C)C)c2-c2cc(C(C)C)cc(C(C)C)c2)[CH]1[Zr]([Cl])([Cl])([c]1cccc2c1[SiH2]c1ccccc1-2)[CH]1C(C)=Cc2c1ccc(C(C)C)c2-c1cc(C(C)C)cc(C(C)C)c1. The summed E-state index contributed by atoms with van der Waals surface area (Å²) in [5.41, 5.74) is 24.2. The Balaban J connectivity index is 1.36. The van der Waals surface area contributed by atoms with E-state index in [9.17, 15) is 17.0 Å². The van der Waals surface area contributed by atoms with E-state index in [1.54, 1.807) is 0 Å². The number of rotatable bonds is 11. The normalized spacial score (nSPS) is 17.5. The third kappa shape index (κ3) is 7.63. The van der Waals surface area contributed by atoms with E-state index in [1.165, 1.54) is 114 Å². The van der Waals surface area contributed by atoms with Gasteiger partial charge in [-0.25, -0.2) is 0 Å². The average Bonchev–Trinajstić information content (AvgIpc) is 3.95. The third-order valence-corrected chi connectivity index (χ3v) is 39.0. The molecule has 2 unspecified atom stereocenters. The molecular formula is C62H71Cl2SiZr. The molecule has 0 saturated carbocycles. The Kier molecular flexibility index (Phi) is 12.6. The molecule has 6 aromatic rings. The molecular weight excluding hydrogens is 935 g/mol. The summed E-state index contributed by atoms with van der Waals surface area (Å²) in [7, 11) is 17.9. The van der Waals surface area contributed by atoms with Crippen LogP contribution < -0.4 is 13.6 Å². The minimum atomic E-state index is -5.67. The Morgan fingerprint density at radius 2 is 0.864 bits per heavy atom. The first-order valence-electron chi connectivity index (χ1n) is 25.0. The van der Waals surface area contributed by atoms with Gasteiger partial charge in [0.05, 0.1) is 0 Å². The van der Waals surface area contributed by atoms with Crippen molar-refractivity contribution in [3.05, 3.63) is 170 Å². The van der Waals surface area contributed by atoms with E-state index in [1.807, 2.05) is 0 Å². The van der Waals surface area contributed by atoms with Crippen LogP contribution >= 0.6 is 17.0 Å². The maximum atomic E-state index is 9.39. The fourth-order valence-electron chi connectivity index (χ4n) is 12.3. The first-order valence-corrected chi connectivity index (χ1v) is 36.8. The van der Waals surface area contributed by atoms with E-state index in [2.05, 4.69) is 212 Å². The molecule has 0 amide bonds. The van der Waals surface area contributed by atoms with Crippen molar-refractivity contribution in [2.24, 2.45) is 0 Å². The van der Waals surface area contributed by atoms with Gasteiger partial charge in [0.15, 0.2) is 0 Å². The summed E-state index contributed by atoms with van der Waals surface area (Å²) in [6.45, 7) is 32.7. The van der Waals surface area contributed by atoms with Crippen LogP contribution in [0.2, 0.25) is 0 Å². The summed E-state index contributed by atoms with van der Waals surface area (Å²) in [4.78, 5) is 0. The number of benzene rings is 6. The molecule has 4 heteroatoms. The van der Waals surface area contributed by atoms with Crippen LogP contribution in [-0.2, 0) is 16.4 Å². The standard InChI is InChI=1S/2C25H31.C12H9Si.2ClH.Zr/c2*1-15(2)20-12-21(16(3)4)14-22(13-20)25-23(17(5)6)9-8-19-10-18(7)11-24(19)25;1-3-7-11-9(5-1)10-6-2-4-8-12(10)13-11;;;/h2*8-17H,1-7H3;1-7H,13H2;2*1H;/q;;;;;+2/p-2. The monoisotopic (exact) mass is 1000 g/mol. The molecule has 0 nitrogen and oxygen atoms in total. The zero-order chi connectivity index (χ0) is 47.3. The van der Waals surface area contributed by atoms with Crippen molar-refractivity contribution in [3.63, 3.8) is 0 Å². The first-order chi connectivity index (χ1) is 31.2. The molecule has 0 saturated heterocycles. The van der Waals surface area contributed by atoms with E-state index < -0.39 is 25.9 Å². The molecule has 66 heavy (non-hydrogen) atoms. The zero-order valence-electron chi connectivity index (χ0n) is 42.1. The third-order valence-electron chi connectivity index (χ3n) is 15.8. The molecule has 1 heterocycles. The van der Waals surface area contributed by atoms with Gasteiger partial charge in [0.2, 0.25) is 0 Å². The fraction of sp³-hybridized carbons (Fsp3) is 0.355. The van der Waals surface area contributed by atoms with Crippen LogP contribution in [-0.4, -0.2) is 9.52 Å². The topological polar surface area (TPSA) is 0 Å². The van der Waals surface area contributed by atoms with Crippen LogP contribution in [0.5, 0.6) is 0 Å².